The van der Waals surface area contributed by atoms with E-state index in [1.165, 1.54) is 0 Å². The molecule has 0 spiro atoms. The summed E-state index contributed by atoms with van der Waals surface area (Å²) in [7, 11) is 0. The van der Waals surface area contributed by atoms with Gasteiger partial charge in [-0.2, -0.15) is 0 Å². The first-order chi connectivity index (χ1) is 4.13. The Morgan fingerprint density at radius 3 is 2.44 bits per heavy atom. The maximum Gasteiger partial charge on any atom is 0.274 e. The third-order valence-corrected chi connectivity index (χ3v) is 0.448. The minimum absolute atomic E-state index is 0.620. The highest BCUT2D eigenvalue weighted by molar-refractivity contribution is 5.78. The number of hydrogen-bond donors (Lipinski definition) is 0. The van der Waals surface area contributed by atoms with Crippen molar-refractivity contribution in [1.29, 1.82) is 0 Å². The van der Waals surface area contributed by atoms with Crippen LogP contribution in [0.4, 0.5) is 8.78 Å². The summed E-state index contributed by atoms with van der Waals surface area (Å²) in [5.74, 6) is 0. The van der Waals surface area contributed by atoms with Gasteiger partial charge in [0, 0.05) is 0 Å². The molecule has 0 aromatic rings. The van der Waals surface area contributed by atoms with Gasteiger partial charge in [0.1, 0.15) is 0 Å². The van der Waals surface area contributed by atoms with Crippen molar-refractivity contribution < 1.29 is 13.6 Å². The molecule has 0 aliphatic carbocycles. The molecule has 0 heterocycles. The molecule has 0 rings (SSSR count). The number of hydrogen-bond acceptors (Lipinski definition) is 2. The van der Waals surface area contributed by atoms with E-state index in [4.69, 9.17) is 0 Å². The lowest BCUT2D eigenvalue weighted by Crippen LogP contribution is -2.00. The third-order valence-electron chi connectivity index (χ3n) is 0.448. The molecule has 54 valence electrons. The van der Waals surface area contributed by atoms with Gasteiger partial charge in [-0.25, -0.2) is 8.78 Å². The Morgan fingerprint density at radius 2 is 2.11 bits per heavy atom. The van der Waals surface area contributed by atoms with Gasteiger partial charge < -0.3 is 4.84 Å². The van der Waals surface area contributed by atoms with Gasteiger partial charge in [-0.15, -0.1) is 0 Å². The molecule has 0 bridgehead atoms. The summed E-state index contributed by atoms with van der Waals surface area (Å²) in [5.41, 5.74) is 0.635. The number of alkyl halides is 2. The van der Waals surface area contributed by atoms with Crippen LogP contribution in [0, 0.1) is 0 Å². The highest BCUT2D eigenvalue weighted by Gasteiger charge is 1.99. The Kier molecular flexibility index (Phi) is 3.92. The van der Waals surface area contributed by atoms with Crippen molar-refractivity contribution in [2.75, 3.05) is 6.61 Å². The van der Waals surface area contributed by atoms with E-state index in [2.05, 4.69) is 9.99 Å². The van der Waals surface area contributed by atoms with E-state index >= 15 is 0 Å². The Labute approximate surface area is 52.5 Å². The molecule has 0 aromatic heterocycles. The second-order valence-corrected chi connectivity index (χ2v) is 1.73. The van der Waals surface area contributed by atoms with Gasteiger partial charge in [0.2, 0.25) is 0 Å². The summed E-state index contributed by atoms with van der Waals surface area (Å²) >= 11 is 0. The molecule has 0 aliphatic rings. The fraction of sp³-hybridized carbons (Fsp3) is 0.800. The molecular weight excluding hydrogens is 128 g/mol. The van der Waals surface area contributed by atoms with Gasteiger partial charge in [0.15, 0.2) is 6.61 Å². The lowest BCUT2D eigenvalue weighted by atomic mass is 10.5. The van der Waals surface area contributed by atoms with Crippen LogP contribution < -0.4 is 0 Å². The summed E-state index contributed by atoms with van der Waals surface area (Å²) < 4.78 is 22.6. The van der Waals surface area contributed by atoms with Crippen molar-refractivity contribution in [3.63, 3.8) is 0 Å². The van der Waals surface area contributed by atoms with Crippen LogP contribution in [0.2, 0.25) is 0 Å². The fourth-order valence-corrected chi connectivity index (χ4v) is 0.223. The molecule has 0 fully saturated rings. The molecule has 0 radical (unpaired) electrons. The molecule has 0 aromatic carbocycles. The van der Waals surface area contributed by atoms with Crippen molar-refractivity contribution in [3.8, 4) is 0 Å². The fourth-order valence-electron chi connectivity index (χ4n) is 0.223. The number of oxime groups is 1. The number of rotatable bonds is 3. The van der Waals surface area contributed by atoms with Gasteiger partial charge in [-0.05, 0) is 13.8 Å². The van der Waals surface area contributed by atoms with E-state index in [0.29, 0.717) is 5.71 Å². The standard InChI is InChI=1S/C5H9F2NO/c1-4(2)8-9-3-5(6)7/h5H,3H2,1-2H3. The van der Waals surface area contributed by atoms with Crippen molar-refractivity contribution in [2.45, 2.75) is 20.3 Å². The molecular formula is C5H9F2NO. The molecule has 0 saturated heterocycles. The van der Waals surface area contributed by atoms with Crippen LogP contribution in [-0.2, 0) is 4.84 Å². The average molecular weight is 137 g/mol. The Morgan fingerprint density at radius 1 is 1.56 bits per heavy atom. The lowest BCUT2D eigenvalue weighted by Gasteiger charge is -1.96. The second-order valence-electron chi connectivity index (χ2n) is 1.73. The van der Waals surface area contributed by atoms with Crippen LogP contribution in [0.25, 0.3) is 0 Å². The summed E-state index contributed by atoms with van der Waals surface area (Å²) in [6.07, 6.45) is -2.44. The van der Waals surface area contributed by atoms with Crippen molar-refractivity contribution in [3.05, 3.63) is 0 Å². The van der Waals surface area contributed by atoms with Gasteiger partial charge in [0.05, 0.1) is 5.71 Å². The first kappa shape index (κ1) is 8.33. The molecule has 0 unspecified atom stereocenters. The molecule has 0 atom stereocenters. The van der Waals surface area contributed by atoms with Crippen molar-refractivity contribution in [1.82, 2.24) is 0 Å². The monoisotopic (exact) mass is 137 g/mol. The predicted octanol–water partition coefficient (Wildman–Crippen LogP) is 1.66. The zero-order valence-corrected chi connectivity index (χ0v) is 5.40. The summed E-state index contributed by atoms with van der Waals surface area (Å²) in [6.45, 7) is 2.72. The largest absolute Gasteiger partial charge is 0.390 e. The molecule has 0 aliphatic heterocycles. The van der Waals surface area contributed by atoms with E-state index < -0.39 is 13.0 Å². The van der Waals surface area contributed by atoms with Crippen LogP contribution in [0.15, 0.2) is 5.16 Å². The zero-order valence-electron chi connectivity index (χ0n) is 5.40. The Bertz CT molecular complexity index is 99.1. The second kappa shape index (κ2) is 4.23. The van der Waals surface area contributed by atoms with Crippen LogP contribution in [0.1, 0.15) is 13.8 Å². The van der Waals surface area contributed by atoms with Crippen LogP contribution in [0.3, 0.4) is 0 Å². The lowest BCUT2D eigenvalue weighted by molar-refractivity contribution is 0.0201. The summed E-state index contributed by atoms with van der Waals surface area (Å²) in [5, 5.41) is 3.30. The molecule has 0 amide bonds. The van der Waals surface area contributed by atoms with E-state index in [9.17, 15) is 8.78 Å². The molecule has 4 heteroatoms. The molecule has 0 N–H and O–H groups in total. The van der Waals surface area contributed by atoms with E-state index in [1.807, 2.05) is 0 Å². The van der Waals surface area contributed by atoms with E-state index in [-0.39, 0.29) is 0 Å². The summed E-state index contributed by atoms with van der Waals surface area (Å²) in [4.78, 5) is 4.19. The SMILES string of the molecule is CC(C)=NOCC(F)F. The van der Waals surface area contributed by atoms with Crippen molar-refractivity contribution >= 4 is 5.71 Å². The van der Waals surface area contributed by atoms with Gasteiger partial charge >= 0.3 is 0 Å². The topological polar surface area (TPSA) is 21.6 Å². The zero-order chi connectivity index (χ0) is 7.28. The van der Waals surface area contributed by atoms with E-state index in [0.717, 1.165) is 0 Å². The molecule has 2 nitrogen and oxygen atoms in total. The first-order valence-corrected chi connectivity index (χ1v) is 2.54. The van der Waals surface area contributed by atoms with Crippen LogP contribution >= 0.6 is 0 Å². The summed E-state index contributed by atoms with van der Waals surface area (Å²) in [6, 6.07) is 0. The minimum Gasteiger partial charge on any atom is -0.390 e. The van der Waals surface area contributed by atoms with Gasteiger partial charge in [-0.1, -0.05) is 5.16 Å². The van der Waals surface area contributed by atoms with Crippen LogP contribution in [0.5, 0.6) is 0 Å². The first-order valence-electron chi connectivity index (χ1n) is 2.54. The Hall–Kier alpha value is -0.670. The van der Waals surface area contributed by atoms with Crippen LogP contribution in [-0.4, -0.2) is 18.7 Å². The predicted molar refractivity (Wildman–Crippen MR) is 30.7 cm³/mol. The van der Waals surface area contributed by atoms with E-state index in [1.54, 1.807) is 13.8 Å². The third kappa shape index (κ3) is 7.33. The maximum atomic E-state index is 11.3. The normalized spacial score (nSPS) is 9.44. The highest BCUT2D eigenvalue weighted by atomic mass is 19.3. The van der Waals surface area contributed by atoms with Gasteiger partial charge in [-0.3, -0.25) is 0 Å². The average Bonchev–Trinajstić information content (AvgIpc) is 1.63. The quantitative estimate of drug-likeness (QED) is 0.428. The van der Waals surface area contributed by atoms with Gasteiger partial charge in [0.25, 0.3) is 6.43 Å². The Balaban J connectivity index is 3.20. The number of halogens is 2. The molecule has 9 heavy (non-hydrogen) atoms. The smallest absolute Gasteiger partial charge is 0.274 e. The maximum absolute atomic E-state index is 11.3. The minimum atomic E-state index is -2.44. The number of nitrogens with zero attached hydrogens (tertiary/aromatic N) is 1. The van der Waals surface area contributed by atoms with Crippen molar-refractivity contribution in [2.24, 2.45) is 5.16 Å². The molecule has 0 saturated carbocycles. The highest BCUT2D eigenvalue weighted by Crippen LogP contribution is 1.92.